The Hall–Kier alpha value is -1.82. The van der Waals surface area contributed by atoms with Crippen LogP contribution in [0, 0.1) is 5.92 Å². The number of amides is 1. The summed E-state index contributed by atoms with van der Waals surface area (Å²) in [4.78, 5) is 28.9. The number of H-pyrrole nitrogens is 1. The third-order valence-electron chi connectivity index (χ3n) is 4.30. The second-order valence-electron chi connectivity index (χ2n) is 5.85. The Morgan fingerprint density at radius 3 is 2.91 bits per heavy atom. The van der Waals surface area contributed by atoms with Gasteiger partial charge < -0.3 is 15.0 Å². The van der Waals surface area contributed by atoms with Crippen LogP contribution in [0.2, 0.25) is 0 Å². The number of hydrogen-bond acceptors (Lipinski definition) is 2. The summed E-state index contributed by atoms with van der Waals surface area (Å²) in [6, 6.07) is 4.91. The number of benzene rings is 1. The van der Waals surface area contributed by atoms with Crippen LogP contribution in [0.15, 0.2) is 28.9 Å². The first kappa shape index (κ1) is 15.1. The number of carbonyl (C=O) groups excluding carboxylic acids is 1. The summed E-state index contributed by atoms with van der Waals surface area (Å²) < 4.78 is 0.826. The molecule has 1 aliphatic heterocycles. The average Bonchev–Trinajstić information content (AvgIpc) is 2.92. The molecule has 1 aromatic carbocycles. The molecule has 1 fully saturated rings. The van der Waals surface area contributed by atoms with E-state index in [-0.39, 0.29) is 5.91 Å². The number of halogens is 1. The Kier molecular flexibility index (Phi) is 3.95. The number of piperidine rings is 1. The van der Waals surface area contributed by atoms with Crippen LogP contribution >= 0.6 is 15.9 Å². The largest absolute Gasteiger partial charge is 0.480 e. The quantitative estimate of drug-likeness (QED) is 0.858. The van der Waals surface area contributed by atoms with Crippen LogP contribution < -0.4 is 0 Å². The van der Waals surface area contributed by atoms with E-state index in [4.69, 9.17) is 0 Å². The Labute approximate surface area is 136 Å². The number of aromatic amines is 1. The molecule has 0 radical (unpaired) electrons. The molecule has 2 N–H and O–H groups in total. The molecule has 2 aromatic rings. The lowest BCUT2D eigenvalue weighted by molar-refractivity contribution is -0.144. The minimum atomic E-state index is -0.932. The zero-order chi connectivity index (χ0) is 15.9. The molecular weight excluding hydrogens is 348 g/mol. The molecule has 1 aliphatic rings. The molecule has 116 valence electrons. The summed E-state index contributed by atoms with van der Waals surface area (Å²) in [5.41, 5.74) is 1.37. The van der Waals surface area contributed by atoms with Crippen LogP contribution in [-0.4, -0.2) is 39.5 Å². The van der Waals surface area contributed by atoms with E-state index >= 15 is 0 Å². The highest BCUT2D eigenvalue weighted by atomic mass is 79.9. The van der Waals surface area contributed by atoms with E-state index in [0.29, 0.717) is 24.4 Å². The molecule has 0 saturated carbocycles. The molecule has 2 heterocycles. The first-order chi connectivity index (χ1) is 10.5. The number of nitrogens with zero attached hydrogens (tertiary/aromatic N) is 1. The number of rotatable bonds is 2. The number of aliphatic carboxylic acids is 1. The Bertz CT molecular complexity index is 740. The van der Waals surface area contributed by atoms with Gasteiger partial charge in [-0.05, 0) is 30.9 Å². The number of carboxylic acids is 1. The van der Waals surface area contributed by atoms with Crippen LogP contribution in [0.5, 0.6) is 0 Å². The van der Waals surface area contributed by atoms with E-state index in [9.17, 15) is 14.7 Å². The van der Waals surface area contributed by atoms with Crippen LogP contribution in [0.4, 0.5) is 0 Å². The van der Waals surface area contributed by atoms with Crippen molar-refractivity contribution in [1.29, 1.82) is 0 Å². The van der Waals surface area contributed by atoms with Gasteiger partial charge in [0.15, 0.2) is 0 Å². The smallest absolute Gasteiger partial charge is 0.326 e. The second-order valence-corrected chi connectivity index (χ2v) is 6.70. The van der Waals surface area contributed by atoms with Crippen molar-refractivity contribution < 1.29 is 14.7 Å². The van der Waals surface area contributed by atoms with Gasteiger partial charge in [0, 0.05) is 28.1 Å². The number of likely N-dealkylation sites (tertiary alicyclic amines) is 1. The van der Waals surface area contributed by atoms with Gasteiger partial charge in [-0.1, -0.05) is 28.9 Å². The van der Waals surface area contributed by atoms with E-state index in [1.54, 1.807) is 6.20 Å². The van der Waals surface area contributed by atoms with Crippen molar-refractivity contribution in [3.63, 3.8) is 0 Å². The van der Waals surface area contributed by atoms with Crippen LogP contribution in [0.1, 0.15) is 30.1 Å². The summed E-state index contributed by atoms with van der Waals surface area (Å²) in [7, 11) is 0. The molecule has 0 spiro atoms. The maximum Gasteiger partial charge on any atom is 0.326 e. The fourth-order valence-corrected chi connectivity index (χ4v) is 3.66. The Morgan fingerprint density at radius 1 is 1.41 bits per heavy atom. The Balaban J connectivity index is 2.00. The molecule has 2 unspecified atom stereocenters. The monoisotopic (exact) mass is 364 g/mol. The Morgan fingerprint density at radius 2 is 2.18 bits per heavy atom. The van der Waals surface area contributed by atoms with E-state index in [0.717, 1.165) is 21.8 Å². The third kappa shape index (κ3) is 2.52. The SMILES string of the molecule is CC1CCN(C(=O)c2c[nH]c3cccc(Br)c23)C(C(=O)O)C1. The fourth-order valence-electron chi connectivity index (χ4n) is 3.08. The van der Waals surface area contributed by atoms with E-state index in [2.05, 4.69) is 20.9 Å². The van der Waals surface area contributed by atoms with Crippen molar-refractivity contribution in [2.45, 2.75) is 25.8 Å². The number of nitrogens with one attached hydrogen (secondary N) is 1. The highest BCUT2D eigenvalue weighted by Crippen LogP contribution is 2.30. The van der Waals surface area contributed by atoms with E-state index < -0.39 is 12.0 Å². The van der Waals surface area contributed by atoms with Gasteiger partial charge in [-0.3, -0.25) is 4.79 Å². The lowest BCUT2D eigenvalue weighted by Crippen LogP contribution is -2.49. The van der Waals surface area contributed by atoms with E-state index in [1.165, 1.54) is 4.90 Å². The van der Waals surface area contributed by atoms with Crippen molar-refractivity contribution in [3.8, 4) is 0 Å². The zero-order valence-electron chi connectivity index (χ0n) is 12.2. The summed E-state index contributed by atoms with van der Waals surface area (Å²) >= 11 is 3.47. The number of aromatic nitrogens is 1. The minimum Gasteiger partial charge on any atom is -0.480 e. The van der Waals surface area contributed by atoms with Gasteiger partial charge in [0.05, 0.1) is 5.56 Å². The lowest BCUT2D eigenvalue weighted by atomic mass is 9.92. The number of carbonyl (C=O) groups is 2. The molecule has 1 saturated heterocycles. The van der Waals surface area contributed by atoms with Gasteiger partial charge in [-0.15, -0.1) is 0 Å². The van der Waals surface area contributed by atoms with Crippen molar-refractivity contribution in [2.24, 2.45) is 5.92 Å². The van der Waals surface area contributed by atoms with E-state index in [1.807, 2.05) is 25.1 Å². The van der Waals surface area contributed by atoms with Crippen LogP contribution in [0.25, 0.3) is 10.9 Å². The standard InChI is InChI=1S/C16H17BrN2O3/c1-9-5-6-19(13(7-9)16(21)22)15(20)10-8-18-12-4-2-3-11(17)14(10)12/h2-4,8-9,13,18H,5-7H2,1H3,(H,21,22). The number of fused-ring (bicyclic) bond motifs is 1. The number of hydrogen-bond donors (Lipinski definition) is 2. The summed E-state index contributed by atoms with van der Waals surface area (Å²) in [6.45, 7) is 2.51. The maximum atomic E-state index is 12.9. The van der Waals surface area contributed by atoms with Crippen LogP contribution in [0.3, 0.4) is 0 Å². The normalized spacial score (nSPS) is 22.0. The van der Waals surface area contributed by atoms with Gasteiger partial charge in [-0.25, -0.2) is 4.79 Å². The first-order valence-corrected chi connectivity index (χ1v) is 8.07. The molecule has 6 heteroatoms. The van der Waals surface area contributed by atoms with Gasteiger partial charge >= 0.3 is 5.97 Å². The average molecular weight is 365 g/mol. The molecule has 3 rings (SSSR count). The molecule has 0 aliphatic carbocycles. The van der Waals surface area contributed by atoms with Crippen LogP contribution in [-0.2, 0) is 4.79 Å². The first-order valence-electron chi connectivity index (χ1n) is 7.28. The molecule has 2 atom stereocenters. The molecule has 1 aromatic heterocycles. The predicted octanol–water partition coefficient (Wildman–Crippen LogP) is 3.26. The van der Waals surface area contributed by atoms with Crippen molar-refractivity contribution in [3.05, 3.63) is 34.4 Å². The van der Waals surface area contributed by atoms with Crippen molar-refractivity contribution in [1.82, 2.24) is 9.88 Å². The highest BCUT2D eigenvalue weighted by molar-refractivity contribution is 9.10. The molecule has 0 bridgehead atoms. The van der Waals surface area contributed by atoms with Gasteiger partial charge in [0.25, 0.3) is 5.91 Å². The second kappa shape index (κ2) is 5.76. The summed E-state index contributed by atoms with van der Waals surface area (Å²) in [5.74, 6) is -0.837. The maximum absolute atomic E-state index is 12.9. The topological polar surface area (TPSA) is 73.4 Å². The van der Waals surface area contributed by atoms with Gasteiger partial charge in [-0.2, -0.15) is 0 Å². The van der Waals surface area contributed by atoms with Gasteiger partial charge in [0.1, 0.15) is 6.04 Å². The fraction of sp³-hybridized carbons (Fsp3) is 0.375. The predicted molar refractivity (Wildman–Crippen MR) is 86.9 cm³/mol. The lowest BCUT2D eigenvalue weighted by Gasteiger charge is -2.35. The third-order valence-corrected chi connectivity index (χ3v) is 4.96. The highest BCUT2D eigenvalue weighted by Gasteiger charge is 2.36. The molecule has 1 amide bonds. The number of carboxylic acid groups (broad SMARTS) is 1. The minimum absolute atomic E-state index is 0.225. The van der Waals surface area contributed by atoms with Gasteiger partial charge in [0.2, 0.25) is 0 Å². The summed E-state index contributed by atoms with van der Waals surface area (Å²) in [6.07, 6.45) is 3.00. The molecule has 22 heavy (non-hydrogen) atoms. The zero-order valence-corrected chi connectivity index (χ0v) is 13.8. The van der Waals surface area contributed by atoms with Crippen molar-refractivity contribution in [2.75, 3.05) is 6.54 Å². The molecular formula is C16H17BrN2O3. The molecule has 5 nitrogen and oxygen atoms in total. The summed E-state index contributed by atoms with van der Waals surface area (Å²) in [5, 5.41) is 10.2. The van der Waals surface area contributed by atoms with Crippen molar-refractivity contribution >= 4 is 38.7 Å².